The molecule has 0 amide bonds. The molecule has 0 aliphatic heterocycles. The van der Waals surface area contributed by atoms with E-state index < -0.39 is 0 Å². The summed E-state index contributed by atoms with van der Waals surface area (Å²) in [7, 11) is 0. The van der Waals surface area contributed by atoms with Gasteiger partial charge in [-0.3, -0.25) is 4.79 Å². The van der Waals surface area contributed by atoms with Crippen molar-refractivity contribution >= 4 is 17.7 Å². The second-order valence-corrected chi connectivity index (χ2v) is 13.2. The third kappa shape index (κ3) is 4.87. The van der Waals surface area contributed by atoms with Crippen LogP contribution in [0.3, 0.4) is 0 Å². The Balaban J connectivity index is 1.70. The highest BCUT2D eigenvalue weighted by Crippen LogP contribution is 2.62. The molecule has 0 bridgehead atoms. The van der Waals surface area contributed by atoms with Crippen LogP contribution in [0.1, 0.15) is 93.4 Å². The van der Waals surface area contributed by atoms with E-state index in [9.17, 15) is 4.79 Å². The van der Waals surface area contributed by atoms with E-state index in [2.05, 4.69) is 60.6 Å². The Morgan fingerprint density at radius 3 is 2.70 bits per heavy atom. The highest BCUT2D eigenvalue weighted by Gasteiger charge is 2.54. The number of carbonyl (C=O) groups excluding carboxylic acids is 1. The molecule has 0 aromatic carbocycles. The lowest BCUT2D eigenvalue weighted by atomic mass is 9.47. The van der Waals surface area contributed by atoms with E-state index in [-0.39, 0.29) is 16.1 Å². The van der Waals surface area contributed by atoms with Crippen LogP contribution in [-0.4, -0.2) is 23.1 Å². The molecule has 1 saturated carbocycles. The smallest absolute Gasteiger partial charge is 0.315 e. The number of carbonyl (C=O) groups is 1. The van der Waals surface area contributed by atoms with Crippen molar-refractivity contribution in [3.05, 3.63) is 23.3 Å². The van der Waals surface area contributed by atoms with Crippen LogP contribution in [0.25, 0.3) is 0 Å². The fourth-order valence-corrected chi connectivity index (χ4v) is 7.09. The van der Waals surface area contributed by atoms with Crippen molar-refractivity contribution in [3.8, 4) is 0 Å². The lowest BCUT2D eigenvalue weighted by Crippen LogP contribution is -2.51. The van der Waals surface area contributed by atoms with Crippen molar-refractivity contribution in [3.63, 3.8) is 0 Å². The van der Waals surface area contributed by atoms with Crippen LogP contribution in [-0.2, 0) is 9.53 Å². The summed E-state index contributed by atoms with van der Waals surface area (Å²) < 4.78 is 6.05. The number of esters is 1. The Labute approximate surface area is 189 Å². The van der Waals surface area contributed by atoms with E-state index in [1.54, 1.807) is 22.9 Å². The van der Waals surface area contributed by atoms with Crippen molar-refractivity contribution in [2.24, 2.45) is 28.6 Å². The average Bonchev–Trinajstić information content (AvgIpc) is 2.70. The van der Waals surface area contributed by atoms with Crippen molar-refractivity contribution in [2.75, 3.05) is 12.4 Å². The van der Waals surface area contributed by atoms with Crippen molar-refractivity contribution in [1.29, 1.82) is 0 Å². The summed E-state index contributed by atoms with van der Waals surface area (Å²) in [5.41, 5.74) is 3.65. The largest absolute Gasteiger partial charge is 0.464 e. The molecule has 1 fully saturated rings. The minimum Gasteiger partial charge on any atom is -0.464 e. The van der Waals surface area contributed by atoms with Crippen LogP contribution in [0, 0.1) is 28.6 Å². The summed E-state index contributed by atoms with van der Waals surface area (Å²) in [5, 5.41) is 0. The monoisotopic (exact) mass is 432 g/mol. The quantitative estimate of drug-likeness (QED) is 0.388. The number of allylic oxidation sites excluding steroid dienone is 4. The zero-order valence-electron chi connectivity index (χ0n) is 20.5. The first-order chi connectivity index (χ1) is 14.0. The van der Waals surface area contributed by atoms with E-state index in [1.165, 1.54) is 32.1 Å². The first-order valence-corrected chi connectivity index (χ1v) is 13.2. The maximum atomic E-state index is 12.5. The Hall–Kier alpha value is -0.700. The van der Waals surface area contributed by atoms with Crippen molar-refractivity contribution < 1.29 is 9.53 Å². The Kier molecular flexibility index (Phi) is 7.22. The Morgan fingerprint density at radius 1 is 1.30 bits per heavy atom. The summed E-state index contributed by atoms with van der Waals surface area (Å²) in [6.07, 6.45) is 13.5. The molecule has 0 aromatic rings. The van der Waals surface area contributed by atoms with Crippen molar-refractivity contribution in [1.82, 2.24) is 0 Å². The third-order valence-electron chi connectivity index (χ3n) is 8.70. The lowest BCUT2D eigenvalue weighted by Gasteiger charge is -2.58. The summed E-state index contributed by atoms with van der Waals surface area (Å²) in [6.45, 7) is 16.8. The van der Waals surface area contributed by atoms with Gasteiger partial charge in [0.2, 0.25) is 0 Å². The minimum absolute atomic E-state index is 0.0377. The molecular weight excluding hydrogens is 388 g/mol. The maximum Gasteiger partial charge on any atom is 0.315 e. The van der Waals surface area contributed by atoms with E-state index in [0.29, 0.717) is 35.5 Å². The fraction of sp³-hybridized carbons (Fsp3) is 0.815. The molecule has 3 aliphatic rings. The molecule has 0 heterocycles. The molecule has 0 N–H and O–H groups in total. The number of thioether (sulfide) groups is 1. The molecule has 0 aromatic heterocycles. The van der Waals surface area contributed by atoms with Gasteiger partial charge in [0.1, 0.15) is 0 Å². The Bertz CT molecular complexity index is 704. The number of fused-ring (bicyclic) bond motifs is 3. The van der Waals surface area contributed by atoms with E-state index in [4.69, 9.17) is 4.74 Å². The SMILES string of the molecule is CCC(C)(C)SCC(=O)OC[C@@]1(C)CCC[C@@]2(C)[C@@H]1CC=C1C=C(C(C)C)CC[C@@H]12. The van der Waals surface area contributed by atoms with Crippen molar-refractivity contribution in [2.45, 2.75) is 98.2 Å². The summed E-state index contributed by atoms with van der Waals surface area (Å²) in [5.74, 6) is 2.37. The van der Waals surface area contributed by atoms with Gasteiger partial charge in [-0.15, -0.1) is 11.8 Å². The molecule has 4 atom stereocenters. The molecule has 0 saturated heterocycles. The highest BCUT2D eigenvalue weighted by molar-refractivity contribution is 8.01. The van der Waals surface area contributed by atoms with Gasteiger partial charge in [0.05, 0.1) is 12.4 Å². The maximum absolute atomic E-state index is 12.5. The third-order valence-corrected chi connectivity index (χ3v) is 10.1. The van der Waals surface area contributed by atoms with Crippen LogP contribution in [0.5, 0.6) is 0 Å². The van der Waals surface area contributed by atoms with E-state index >= 15 is 0 Å². The van der Waals surface area contributed by atoms with Crippen LogP contribution in [0.2, 0.25) is 0 Å². The first kappa shape index (κ1) is 24.0. The fourth-order valence-electron chi connectivity index (χ4n) is 6.29. The van der Waals surface area contributed by atoms with Gasteiger partial charge < -0.3 is 4.74 Å². The van der Waals surface area contributed by atoms with Gasteiger partial charge in [0.15, 0.2) is 0 Å². The summed E-state index contributed by atoms with van der Waals surface area (Å²) in [4.78, 5) is 12.5. The molecular formula is C27H44O2S. The number of hydrogen-bond acceptors (Lipinski definition) is 3. The molecule has 3 rings (SSSR count). The van der Waals surface area contributed by atoms with Gasteiger partial charge in [-0.05, 0) is 67.3 Å². The molecule has 3 aliphatic carbocycles. The zero-order chi connectivity index (χ0) is 22.2. The predicted molar refractivity (Wildman–Crippen MR) is 130 cm³/mol. The molecule has 2 nitrogen and oxygen atoms in total. The summed E-state index contributed by atoms with van der Waals surface area (Å²) in [6, 6.07) is 0. The molecule has 0 spiro atoms. The number of ether oxygens (including phenoxy) is 1. The van der Waals surface area contributed by atoms with Gasteiger partial charge in [0, 0.05) is 10.2 Å². The Morgan fingerprint density at radius 2 is 2.03 bits per heavy atom. The van der Waals surface area contributed by atoms with Gasteiger partial charge in [-0.25, -0.2) is 0 Å². The highest BCUT2D eigenvalue weighted by atomic mass is 32.2. The average molecular weight is 433 g/mol. The normalized spacial score (nSPS) is 34.0. The zero-order valence-corrected chi connectivity index (χ0v) is 21.3. The second-order valence-electron chi connectivity index (χ2n) is 11.5. The molecule has 0 radical (unpaired) electrons. The minimum atomic E-state index is -0.0377. The van der Waals surface area contributed by atoms with Gasteiger partial charge >= 0.3 is 5.97 Å². The van der Waals surface area contributed by atoms with Gasteiger partial charge in [0.25, 0.3) is 0 Å². The first-order valence-electron chi connectivity index (χ1n) is 12.2. The van der Waals surface area contributed by atoms with E-state index in [0.717, 1.165) is 12.8 Å². The second kappa shape index (κ2) is 9.04. The number of hydrogen-bond donors (Lipinski definition) is 0. The standard InChI is InChI=1S/C27H44O2S/c1-8-25(4,5)30-17-24(28)29-18-26(6)14-9-15-27(7)22-12-10-20(19(2)3)16-21(22)11-13-23(26)27/h11,16,19,22-23H,8-10,12-15,17-18H2,1-7H3/t22-,23+,26+,27+/m0/s1. The van der Waals surface area contributed by atoms with Crippen LogP contribution >= 0.6 is 11.8 Å². The molecule has 3 heteroatoms. The van der Waals surface area contributed by atoms with Crippen LogP contribution in [0.4, 0.5) is 0 Å². The van der Waals surface area contributed by atoms with E-state index in [1.807, 2.05) is 0 Å². The van der Waals surface area contributed by atoms with Crippen LogP contribution < -0.4 is 0 Å². The summed E-state index contributed by atoms with van der Waals surface area (Å²) >= 11 is 1.72. The van der Waals surface area contributed by atoms with Gasteiger partial charge in [-0.2, -0.15) is 0 Å². The van der Waals surface area contributed by atoms with Gasteiger partial charge in [-0.1, -0.05) is 72.6 Å². The molecule has 170 valence electrons. The lowest BCUT2D eigenvalue weighted by molar-refractivity contribution is -0.150. The topological polar surface area (TPSA) is 26.3 Å². The predicted octanol–water partition coefficient (Wildman–Crippen LogP) is 7.59. The number of rotatable bonds is 7. The molecule has 0 unspecified atom stereocenters. The van der Waals surface area contributed by atoms with Crippen LogP contribution in [0.15, 0.2) is 23.3 Å². The molecule has 30 heavy (non-hydrogen) atoms.